The Morgan fingerprint density at radius 1 is 1.12 bits per heavy atom. The fourth-order valence-corrected chi connectivity index (χ4v) is 2.86. The van der Waals surface area contributed by atoms with Gasteiger partial charge in [-0.2, -0.15) is 0 Å². The van der Waals surface area contributed by atoms with Crippen molar-refractivity contribution in [2.45, 2.75) is 18.8 Å². The van der Waals surface area contributed by atoms with Crippen LogP contribution in [-0.4, -0.2) is 27.3 Å². The molecule has 1 N–H and O–H groups in total. The second kappa shape index (κ2) is 5.74. The molecular formula is C13H18BrNO2. The van der Waals surface area contributed by atoms with Crippen molar-refractivity contribution in [3.05, 3.63) is 22.2 Å². The van der Waals surface area contributed by atoms with Crippen LogP contribution >= 0.6 is 15.9 Å². The summed E-state index contributed by atoms with van der Waals surface area (Å²) in [7, 11) is 3.39. The first-order chi connectivity index (χ1) is 8.26. The number of hydrogen-bond donors (Lipinski definition) is 1. The molecule has 0 radical (unpaired) electrons. The van der Waals surface area contributed by atoms with Crippen molar-refractivity contribution in [3.63, 3.8) is 0 Å². The summed E-state index contributed by atoms with van der Waals surface area (Å²) in [6.07, 6.45) is 2.32. The maximum absolute atomic E-state index is 5.47. The molecule has 2 rings (SSSR count). The Labute approximate surface area is 111 Å². The fraction of sp³-hybridized carbons (Fsp3) is 0.538. The highest BCUT2D eigenvalue weighted by atomic mass is 79.9. The average molecular weight is 300 g/mol. The molecule has 0 amide bonds. The summed E-state index contributed by atoms with van der Waals surface area (Å²) in [4.78, 5) is 0. The predicted molar refractivity (Wildman–Crippen MR) is 72.1 cm³/mol. The van der Waals surface area contributed by atoms with Gasteiger partial charge in [0.2, 0.25) is 0 Å². The highest BCUT2D eigenvalue weighted by Gasteiger charge is 2.20. The van der Waals surface area contributed by atoms with Crippen LogP contribution in [-0.2, 0) is 0 Å². The van der Waals surface area contributed by atoms with Gasteiger partial charge in [0.05, 0.1) is 18.7 Å². The van der Waals surface area contributed by atoms with Crippen molar-refractivity contribution in [1.82, 2.24) is 5.32 Å². The van der Waals surface area contributed by atoms with Crippen LogP contribution < -0.4 is 14.8 Å². The Hall–Kier alpha value is -0.740. The summed E-state index contributed by atoms with van der Waals surface area (Å²) < 4.78 is 11.8. The summed E-state index contributed by atoms with van der Waals surface area (Å²) in [6, 6.07) is 4.09. The molecule has 1 fully saturated rings. The molecule has 0 aromatic heterocycles. The van der Waals surface area contributed by atoms with Crippen molar-refractivity contribution >= 4 is 15.9 Å². The van der Waals surface area contributed by atoms with Gasteiger partial charge in [-0.15, -0.1) is 0 Å². The number of benzene rings is 1. The van der Waals surface area contributed by atoms with Crippen molar-refractivity contribution in [3.8, 4) is 11.5 Å². The van der Waals surface area contributed by atoms with Gasteiger partial charge in [-0.1, -0.05) is 0 Å². The quantitative estimate of drug-likeness (QED) is 0.931. The third-order valence-corrected chi connectivity index (χ3v) is 3.90. The van der Waals surface area contributed by atoms with Gasteiger partial charge in [0.15, 0.2) is 0 Å². The summed E-state index contributed by atoms with van der Waals surface area (Å²) in [5.74, 6) is 2.32. The molecule has 1 aromatic rings. The van der Waals surface area contributed by atoms with Gasteiger partial charge in [-0.05, 0) is 59.4 Å². The van der Waals surface area contributed by atoms with Gasteiger partial charge in [0, 0.05) is 6.07 Å². The molecule has 1 aliphatic rings. The lowest BCUT2D eigenvalue weighted by Gasteiger charge is -2.25. The van der Waals surface area contributed by atoms with E-state index >= 15 is 0 Å². The highest BCUT2D eigenvalue weighted by Crippen LogP contribution is 2.39. The highest BCUT2D eigenvalue weighted by molar-refractivity contribution is 9.10. The van der Waals surface area contributed by atoms with E-state index in [0.717, 1.165) is 41.9 Å². The Morgan fingerprint density at radius 2 is 1.76 bits per heavy atom. The number of hydrogen-bond acceptors (Lipinski definition) is 3. The molecule has 3 nitrogen and oxygen atoms in total. The van der Waals surface area contributed by atoms with Crippen LogP contribution in [0.15, 0.2) is 16.6 Å². The summed E-state index contributed by atoms with van der Waals surface area (Å²) in [5, 5.41) is 3.38. The van der Waals surface area contributed by atoms with Crippen LogP contribution in [0.3, 0.4) is 0 Å². The van der Waals surface area contributed by atoms with Crippen LogP contribution in [0, 0.1) is 0 Å². The van der Waals surface area contributed by atoms with Crippen molar-refractivity contribution in [2.75, 3.05) is 27.3 Å². The van der Waals surface area contributed by atoms with E-state index in [-0.39, 0.29) is 0 Å². The number of methoxy groups -OCH3 is 2. The maximum Gasteiger partial charge on any atom is 0.136 e. The lowest BCUT2D eigenvalue weighted by molar-refractivity contribution is 0.378. The smallest absolute Gasteiger partial charge is 0.136 e. The molecule has 17 heavy (non-hydrogen) atoms. The first-order valence-corrected chi connectivity index (χ1v) is 6.67. The van der Waals surface area contributed by atoms with Gasteiger partial charge in [0.1, 0.15) is 11.5 Å². The minimum absolute atomic E-state index is 0.577. The molecule has 1 aliphatic heterocycles. The standard InChI is InChI=1S/C13H18BrNO2/c1-16-12-8-13(17-2)11(14)7-10(12)9-3-5-15-6-4-9/h7-9,15H,3-6H2,1-2H3. The molecule has 1 saturated heterocycles. The van der Waals surface area contributed by atoms with Crippen LogP contribution in [0.25, 0.3) is 0 Å². The lowest BCUT2D eigenvalue weighted by Crippen LogP contribution is -2.26. The zero-order chi connectivity index (χ0) is 12.3. The van der Waals surface area contributed by atoms with Gasteiger partial charge in [-0.3, -0.25) is 0 Å². The number of ether oxygens (including phenoxy) is 2. The Bertz CT molecular complexity index is 389. The number of halogens is 1. The van der Waals surface area contributed by atoms with Crippen LogP contribution in [0.4, 0.5) is 0 Å². The lowest BCUT2D eigenvalue weighted by atomic mass is 9.89. The number of piperidine rings is 1. The molecule has 1 heterocycles. The molecule has 0 saturated carbocycles. The summed E-state index contributed by atoms with van der Waals surface area (Å²) >= 11 is 3.54. The van der Waals surface area contributed by atoms with Crippen molar-refractivity contribution in [2.24, 2.45) is 0 Å². The maximum atomic E-state index is 5.47. The van der Waals surface area contributed by atoms with E-state index in [9.17, 15) is 0 Å². The van der Waals surface area contributed by atoms with Crippen LogP contribution in [0.2, 0.25) is 0 Å². The summed E-state index contributed by atoms with van der Waals surface area (Å²) in [6.45, 7) is 2.16. The van der Waals surface area contributed by atoms with E-state index in [1.807, 2.05) is 6.07 Å². The van der Waals surface area contributed by atoms with Gasteiger partial charge in [-0.25, -0.2) is 0 Å². The minimum atomic E-state index is 0.577. The molecule has 0 spiro atoms. The molecule has 4 heteroatoms. The average Bonchev–Trinajstić information content (AvgIpc) is 2.39. The van der Waals surface area contributed by atoms with Gasteiger partial charge >= 0.3 is 0 Å². The van der Waals surface area contributed by atoms with Crippen LogP contribution in [0.5, 0.6) is 11.5 Å². The Kier molecular flexibility index (Phi) is 4.29. The van der Waals surface area contributed by atoms with E-state index in [1.54, 1.807) is 14.2 Å². The van der Waals surface area contributed by atoms with E-state index in [4.69, 9.17) is 9.47 Å². The monoisotopic (exact) mass is 299 g/mol. The van der Waals surface area contributed by atoms with Crippen molar-refractivity contribution < 1.29 is 9.47 Å². The SMILES string of the molecule is COc1cc(OC)c(C2CCNCC2)cc1Br. The van der Waals surface area contributed by atoms with E-state index in [2.05, 4.69) is 27.3 Å². The minimum Gasteiger partial charge on any atom is -0.496 e. The Morgan fingerprint density at radius 3 is 2.35 bits per heavy atom. The van der Waals surface area contributed by atoms with Gasteiger partial charge < -0.3 is 14.8 Å². The zero-order valence-corrected chi connectivity index (χ0v) is 11.8. The molecule has 94 valence electrons. The zero-order valence-electron chi connectivity index (χ0n) is 10.3. The van der Waals surface area contributed by atoms with E-state index < -0.39 is 0 Å². The molecule has 0 aliphatic carbocycles. The molecule has 1 aromatic carbocycles. The number of rotatable bonds is 3. The number of nitrogens with one attached hydrogen (secondary N) is 1. The van der Waals surface area contributed by atoms with Crippen molar-refractivity contribution in [1.29, 1.82) is 0 Å². The molecule has 0 atom stereocenters. The third kappa shape index (κ3) is 2.75. The molecular weight excluding hydrogens is 282 g/mol. The largest absolute Gasteiger partial charge is 0.496 e. The van der Waals surface area contributed by atoms with Crippen LogP contribution in [0.1, 0.15) is 24.3 Å². The molecule has 0 bridgehead atoms. The topological polar surface area (TPSA) is 30.5 Å². The summed E-state index contributed by atoms with van der Waals surface area (Å²) in [5.41, 5.74) is 1.28. The second-order valence-corrected chi connectivity index (χ2v) is 5.11. The third-order valence-electron chi connectivity index (χ3n) is 3.28. The molecule has 0 unspecified atom stereocenters. The first kappa shape index (κ1) is 12.7. The van der Waals surface area contributed by atoms with E-state index in [1.165, 1.54) is 5.56 Å². The van der Waals surface area contributed by atoms with Gasteiger partial charge in [0.25, 0.3) is 0 Å². The fourth-order valence-electron chi connectivity index (χ4n) is 2.34. The first-order valence-electron chi connectivity index (χ1n) is 5.88. The normalized spacial score (nSPS) is 16.9. The predicted octanol–water partition coefficient (Wildman–Crippen LogP) is 2.93. The second-order valence-electron chi connectivity index (χ2n) is 4.25. The Balaban J connectivity index is 2.34. The van der Waals surface area contributed by atoms with E-state index in [0.29, 0.717) is 5.92 Å².